The number of nitrogens with zero attached hydrogens (tertiary/aromatic N) is 3. The van der Waals surface area contributed by atoms with Gasteiger partial charge in [-0.2, -0.15) is 4.98 Å². The molecule has 1 N–H and O–H groups in total. The van der Waals surface area contributed by atoms with Gasteiger partial charge in [-0.25, -0.2) is 0 Å². The summed E-state index contributed by atoms with van der Waals surface area (Å²) in [5, 5.41) is 7.70. The number of likely N-dealkylation sites (tertiary alicyclic amines) is 1. The van der Waals surface area contributed by atoms with Crippen LogP contribution in [0.1, 0.15) is 69.6 Å². The summed E-state index contributed by atoms with van der Waals surface area (Å²) in [6, 6.07) is 0.895. The summed E-state index contributed by atoms with van der Waals surface area (Å²) in [5.41, 5.74) is 0. The molecule has 2 fully saturated rings. The van der Waals surface area contributed by atoms with Crippen LogP contribution >= 0.6 is 0 Å². The molecule has 112 valence electrons. The molecule has 0 bridgehead atoms. The van der Waals surface area contributed by atoms with Crippen molar-refractivity contribution in [3.63, 3.8) is 0 Å². The zero-order valence-corrected chi connectivity index (χ0v) is 12.6. The Morgan fingerprint density at radius 3 is 2.90 bits per heavy atom. The topological polar surface area (TPSA) is 54.2 Å². The molecule has 0 aliphatic carbocycles. The van der Waals surface area contributed by atoms with Gasteiger partial charge in [-0.15, -0.1) is 0 Å². The lowest BCUT2D eigenvalue weighted by Crippen LogP contribution is -2.39. The third-order valence-corrected chi connectivity index (χ3v) is 4.61. The quantitative estimate of drug-likeness (QED) is 0.920. The maximum Gasteiger partial charge on any atom is 0.231 e. The van der Waals surface area contributed by atoms with Crippen molar-refractivity contribution in [3.8, 4) is 0 Å². The molecule has 5 nitrogen and oxygen atoms in total. The SMILES string of the molecule is CC(C)N1CCCC(c2nc(C3CCCCN3)no2)C1. The molecule has 0 saturated carbocycles. The minimum atomic E-state index is 0.297. The van der Waals surface area contributed by atoms with Crippen LogP contribution in [-0.4, -0.2) is 40.7 Å². The Morgan fingerprint density at radius 2 is 2.15 bits per heavy atom. The van der Waals surface area contributed by atoms with E-state index in [4.69, 9.17) is 4.52 Å². The van der Waals surface area contributed by atoms with Gasteiger partial charge < -0.3 is 14.7 Å². The first kappa shape index (κ1) is 14.0. The van der Waals surface area contributed by atoms with E-state index in [9.17, 15) is 0 Å². The Labute approximate surface area is 121 Å². The van der Waals surface area contributed by atoms with Gasteiger partial charge in [0, 0.05) is 12.6 Å². The fraction of sp³-hybridized carbons (Fsp3) is 0.867. The molecule has 2 unspecified atom stereocenters. The molecule has 2 aliphatic rings. The van der Waals surface area contributed by atoms with Crippen LogP contribution in [0.15, 0.2) is 4.52 Å². The van der Waals surface area contributed by atoms with E-state index in [2.05, 4.69) is 34.2 Å². The van der Waals surface area contributed by atoms with Crippen LogP contribution in [-0.2, 0) is 0 Å². The molecule has 2 aliphatic heterocycles. The third-order valence-electron chi connectivity index (χ3n) is 4.61. The monoisotopic (exact) mass is 278 g/mol. The lowest BCUT2D eigenvalue weighted by molar-refractivity contribution is 0.153. The molecule has 2 saturated heterocycles. The van der Waals surface area contributed by atoms with Crippen molar-refractivity contribution in [2.75, 3.05) is 19.6 Å². The molecule has 5 heteroatoms. The van der Waals surface area contributed by atoms with E-state index in [1.54, 1.807) is 0 Å². The second kappa shape index (κ2) is 6.22. The summed E-state index contributed by atoms with van der Waals surface area (Å²) in [6.07, 6.45) is 6.03. The van der Waals surface area contributed by atoms with Crippen molar-refractivity contribution in [2.45, 2.75) is 64.0 Å². The van der Waals surface area contributed by atoms with Crippen LogP contribution in [0.5, 0.6) is 0 Å². The summed E-state index contributed by atoms with van der Waals surface area (Å²) in [5.74, 6) is 2.12. The van der Waals surface area contributed by atoms with Crippen LogP contribution < -0.4 is 5.32 Å². The Bertz CT molecular complexity index is 425. The van der Waals surface area contributed by atoms with E-state index < -0.39 is 0 Å². The summed E-state index contributed by atoms with van der Waals surface area (Å²) in [7, 11) is 0. The van der Waals surface area contributed by atoms with Gasteiger partial charge in [0.15, 0.2) is 5.82 Å². The number of rotatable bonds is 3. The van der Waals surface area contributed by atoms with Gasteiger partial charge in [-0.1, -0.05) is 11.6 Å². The number of nitrogens with one attached hydrogen (secondary N) is 1. The maximum atomic E-state index is 5.56. The smallest absolute Gasteiger partial charge is 0.231 e. The summed E-state index contributed by atoms with van der Waals surface area (Å²) in [6.45, 7) is 7.83. The molecule has 1 aromatic rings. The standard InChI is InChI=1S/C15H26N4O/c1-11(2)19-9-5-6-12(10-19)15-17-14(18-20-15)13-7-3-4-8-16-13/h11-13,16H,3-10H2,1-2H3. The first-order chi connectivity index (χ1) is 9.74. The maximum absolute atomic E-state index is 5.56. The highest BCUT2D eigenvalue weighted by Gasteiger charge is 2.28. The third kappa shape index (κ3) is 3.04. The van der Waals surface area contributed by atoms with Crippen molar-refractivity contribution in [1.29, 1.82) is 0 Å². The van der Waals surface area contributed by atoms with Crippen molar-refractivity contribution in [3.05, 3.63) is 11.7 Å². The molecule has 2 atom stereocenters. The van der Waals surface area contributed by atoms with Gasteiger partial charge in [0.2, 0.25) is 5.89 Å². The largest absolute Gasteiger partial charge is 0.339 e. The number of hydrogen-bond donors (Lipinski definition) is 1. The molecule has 0 radical (unpaired) electrons. The Hall–Kier alpha value is -0.940. The normalized spacial score (nSPS) is 28.9. The minimum absolute atomic E-state index is 0.297. The van der Waals surface area contributed by atoms with E-state index in [1.807, 2.05) is 0 Å². The van der Waals surface area contributed by atoms with Crippen molar-refractivity contribution < 1.29 is 4.52 Å². The fourth-order valence-corrected chi connectivity index (χ4v) is 3.30. The second-order valence-corrected chi connectivity index (χ2v) is 6.42. The van der Waals surface area contributed by atoms with E-state index in [0.717, 1.165) is 31.2 Å². The Kier molecular flexibility index (Phi) is 4.36. The van der Waals surface area contributed by atoms with E-state index >= 15 is 0 Å². The lowest BCUT2D eigenvalue weighted by atomic mass is 9.97. The van der Waals surface area contributed by atoms with Crippen LogP contribution in [0, 0.1) is 0 Å². The molecule has 0 spiro atoms. The van der Waals surface area contributed by atoms with Crippen LogP contribution in [0.4, 0.5) is 0 Å². The second-order valence-electron chi connectivity index (χ2n) is 6.42. The van der Waals surface area contributed by atoms with Crippen LogP contribution in [0.25, 0.3) is 0 Å². The molecule has 3 heterocycles. The van der Waals surface area contributed by atoms with Crippen LogP contribution in [0.2, 0.25) is 0 Å². The average Bonchev–Trinajstić information content (AvgIpc) is 2.98. The van der Waals surface area contributed by atoms with E-state index in [1.165, 1.54) is 32.2 Å². The highest BCUT2D eigenvalue weighted by molar-refractivity contribution is 5.01. The Morgan fingerprint density at radius 1 is 1.25 bits per heavy atom. The molecule has 3 rings (SSSR count). The highest BCUT2D eigenvalue weighted by Crippen LogP contribution is 2.28. The minimum Gasteiger partial charge on any atom is -0.339 e. The van der Waals surface area contributed by atoms with E-state index in [-0.39, 0.29) is 0 Å². The summed E-state index contributed by atoms with van der Waals surface area (Å²) in [4.78, 5) is 7.20. The van der Waals surface area contributed by atoms with Gasteiger partial charge >= 0.3 is 0 Å². The molecule has 0 amide bonds. The predicted octanol–water partition coefficient (Wildman–Crippen LogP) is 2.47. The number of hydrogen-bond acceptors (Lipinski definition) is 5. The number of aromatic nitrogens is 2. The summed E-state index contributed by atoms with van der Waals surface area (Å²) >= 11 is 0. The van der Waals surface area contributed by atoms with Gasteiger partial charge in [-0.3, -0.25) is 0 Å². The number of piperidine rings is 2. The van der Waals surface area contributed by atoms with Gasteiger partial charge in [0.05, 0.1) is 12.0 Å². The van der Waals surface area contributed by atoms with Crippen LogP contribution in [0.3, 0.4) is 0 Å². The van der Waals surface area contributed by atoms with Crippen molar-refractivity contribution in [2.24, 2.45) is 0 Å². The van der Waals surface area contributed by atoms with Gasteiger partial charge in [0.25, 0.3) is 0 Å². The fourth-order valence-electron chi connectivity index (χ4n) is 3.30. The highest BCUT2D eigenvalue weighted by atomic mass is 16.5. The average molecular weight is 278 g/mol. The molecule has 20 heavy (non-hydrogen) atoms. The van der Waals surface area contributed by atoms with E-state index in [0.29, 0.717) is 18.0 Å². The molecular weight excluding hydrogens is 252 g/mol. The molecular formula is C15H26N4O. The predicted molar refractivity (Wildman–Crippen MR) is 77.6 cm³/mol. The molecule has 0 aromatic carbocycles. The zero-order chi connectivity index (χ0) is 13.9. The first-order valence-corrected chi connectivity index (χ1v) is 8.05. The van der Waals surface area contributed by atoms with Gasteiger partial charge in [-0.05, 0) is 52.6 Å². The lowest BCUT2D eigenvalue weighted by Gasteiger charge is -2.33. The van der Waals surface area contributed by atoms with Crippen molar-refractivity contribution >= 4 is 0 Å². The Balaban J connectivity index is 1.66. The zero-order valence-electron chi connectivity index (χ0n) is 12.6. The molecule has 1 aromatic heterocycles. The van der Waals surface area contributed by atoms with Crippen molar-refractivity contribution in [1.82, 2.24) is 20.4 Å². The first-order valence-electron chi connectivity index (χ1n) is 8.05. The van der Waals surface area contributed by atoms with Gasteiger partial charge in [0.1, 0.15) is 0 Å². The summed E-state index contributed by atoms with van der Waals surface area (Å²) < 4.78 is 5.56.